The Bertz CT molecular complexity index is 2480. The molecule has 7 rings (SSSR count). The van der Waals surface area contributed by atoms with E-state index in [-0.39, 0.29) is 35.6 Å². The highest BCUT2D eigenvalue weighted by Crippen LogP contribution is 2.43. The Morgan fingerprint density at radius 2 is 1.45 bits per heavy atom. The number of allylic oxidation sites excluding steroid dienone is 1. The number of hydrogen-bond acceptors (Lipinski definition) is 11. The maximum atomic E-state index is 14.5. The van der Waals surface area contributed by atoms with Gasteiger partial charge >= 0.3 is 18.2 Å². The minimum absolute atomic E-state index is 0.0207. The van der Waals surface area contributed by atoms with Gasteiger partial charge in [0, 0.05) is 36.5 Å². The van der Waals surface area contributed by atoms with Crippen molar-refractivity contribution >= 4 is 53.4 Å². The Labute approximate surface area is 381 Å². The number of likely N-dealkylation sites (tertiary alicyclic amines) is 1. The second-order valence-corrected chi connectivity index (χ2v) is 18.8. The van der Waals surface area contributed by atoms with Crippen LogP contribution in [0.15, 0.2) is 132 Å². The summed E-state index contributed by atoms with van der Waals surface area (Å²) in [7, 11) is 0. The maximum absolute atomic E-state index is 14.5. The fourth-order valence-electron chi connectivity index (χ4n) is 7.38. The van der Waals surface area contributed by atoms with Gasteiger partial charge in [0.1, 0.15) is 28.3 Å². The van der Waals surface area contributed by atoms with Crippen molar-refractivity contribution in [2.24, 2.45) is 0 Å². The van der Waals surface area contributed by atoms with Gasteiger partial charge in [-0.05, 0) is 88.4 Å². The molecule has 1 aromatic heterocycles. The van der Waals surface area contributed by atoms with Gasteiger partial charge in [-0.3, -0.25) is 19.3 Å². The fraction of sp³-hybridized carbons (Fsp3) is 0.327. The Morgan fingerprint density at radius 1 is 0.831 bits per heavy atom. The molecule has 2 fully saturated rings. The maximum Gasteiger partial charge on any atom is 0.514 e. The monoisotopic (exact) mass is 902 g/mol. The van der Waals surface area contributed by atoms with Gasteiger partial charge in [-0.2, -0.15) is 4.57 Å². The predicted molar refractivity (Wildman–Crippen MR) is 241 cm³/mol. The van der Waals surface area contributed by atoms with Gasteiger partial charge in [-0.1, -0.05) is 72.8 Å². The van der Waals surface area contributed by atoms with E-state index in [1.165, 1.54) is 16.7 Å². The molecule has 4 aromatic rings. The molecule has 338 valence electrons. The van der Waals surface area contributed by atoms with Crippen LogP contribution in [-0.4, -0.2) is 80.7 Å². The lowest BCUT2D eigenvalue weighted by molar-refractivity contribution is -0.684. The van der Waals surface area contributed by atoms with Gasteiger partial charge in [0.15, 0.2) is 24.2 Å². The van der Waals surface area contributed by atoms with Crippen LogP contribution < -0.4 is 19.9 Å². The van der Waals surface area contributed by atoms with Gasteiger partial charge in [-0.25, -0.2) is 14.4 Å². The first kappa shape index (κ1) is 46.1. The van der Waals surface area contributed by atoms with Gasteiger partial charge in [0.2, 0.25) is 12.5 Å². The van der Waals surface area contributed by atoms with Crippen LogP contribution in [0.4, 0.5) is 15.3 Å². The number of aromatic nitrogens is 1. The van der Waals surface area contributed by atoms with Crippen LogP contribution in [0, 0.1) is 0 Å². The van der Waals surface area contributed by atoms with E-state index in [0.717, 1.165) is 16.7 Å². The first-order chi connectivity index (χ1) is 30.9. The molecule has 0 unspecified atom stereocenters. The number of β-lactam (4-membered cyclic amide) rings is 1. The molecule has 0 aliphatic carbocycles. The molecule has 0 radical (unpaired) electrons. The molecular formula is C49H52N5O10S+. The topological polar surface area (TPSA) is 174 Å². The summed E-state index contributed by atoms with van der Waals surface area (Å²) in [4.78, 5) is 83.4. The van der Waals surface area contributed by atoms with Crippen molar-refractivity contribution in [3.05, 3.63) is 149 Å². The SMILES string of the molecule is CC(C)(C)OC(=O)N[C@@H]1C(=O)N2C(C(=O)OC(c3ccccc3)c3ccccc3)=C(/C=C3\CCN(Cc4cc[n+](CC(=O)Nc5ccccc5OC(=O)OC(C)(C)C)cc4)C3=O)CS[C@H]12. The molecule has 4 amide bonds. The van der Waals surface area contributed by atoms with Gasteiger partial charge in [0.05, 0.1) is 5.69 Å². The quantitative estimate of drug-likeness (QED) is 0.0375. The Balaban J connectivity index is 1.06. The average molecular weight is 903 g/mol. The number of thioether (sulfide) groups is 1. The summed E-state index contributed by atoms with van der Waals surface area (Å²) in [6.45, 7) is 11.0. The van der Waals surface area contributed by atoms with E-state index >= 15 is 0 Å². The number of hydrogen-bond donors (Lipinski definition) is 2. The van der Waals surface area contributed by atoms with Gasteiger partial charge in [0.25, 0.3) is 11.8 Å². The second-order valence-electron chi connectivity index (χ2n) is 17.7. The summed E-state index contributed by atoms with van der Waals surface area (Å²) in [5.41, 5.74) is 2.03. The minimum atomic E-state index is -0.935. The van der Waals surface area contributed by atoms with E-state index in [1.807, 2.05) is 72.8 Å². The zero-order valence-electron chi connectivity index (χ0n) is 37.1. The number of fused-ring (bicyclic) bond motifs is 1. The lowest BCUT2D eigenvalue weighted by Crippen LogP contribution is -2.70. The molecule has 3 aromatic carbocycles. The third-order valence-corrected chi connectivity index (χ3v) is 11.6. The highest BCUT2D eigenvalue weighted by Gasteiger charge is 2.55. The summed E-state index contributed by atoms with van der Waals surface area (Å²) in [6.07, 6.45) is 3.14. The van der Waals surface area contributed by atoms with E-state index in [4.69, 9.17) is 18.9 Å². The number of alkyl carbamates (subject to hydrolysis) is 1. The van der Waals surface area contributed by atoms with Gasteiger partial charge < -0.3 is 34.5 Å². The van der Waals surface area contributed by atoms with Crippen molar-refractivity contribution in [1.82, 2.24) is 15.1 Å². The van der Waals surface area contributed by atoms with Crippen LogP contribution in [0.25, 0.3) is 0 Å². The third kappa shape index (κ3) is 11.6. The molecule has 15 nitrogen and oxygen atoms in total. The Hall–Kier alpha value is -6.94. The molecule has 65 heavy (non-hydrogen) atoms. The number of pyridine rings is 1. The summed E-state index contributed by atoms with van der Waals surface area (Å²) in [5, 5.41) is 4.84. The molecule has 0 spiro atoms. The van der Waals surface area contributed by atoms with Crippen LogP contribution >= 0.6 is 11.8 Å². The number of amides is 4. The number of rotatable bonds is 12. The molecule has 0 saturated carbocycles. The Kier molecular flexibility index (Phi) is 13.8. The number of carbonyl (C=O) groups excluding carboxylic acids is 6. The van der Waals surface area contributed by atoms with Crippen molar-refractivity contribution in [2.75, 3.05) is 17.6 Å². The average Bonchev–Trinajstić information content (AvgIpc) is 3.59. The van der Waals surface area contributed by atoms with E-state index in [2.05, 4.69) is 10.6 Å². The minimum Gasteiger partial charge on any atom is -0.448 e. The first-order valence-corrected chi connectivity index (χ1v) is 22.2. The first-order valence-electron chi connectivity index (χ1n) is 21.2. The molecule has 3 aliphatic heterocycles. The second kappa shape index (κ2) is 19.4. The molecule has 4 heterocycles. The van der Waals surface area contributed by atoms with Crippen LogP contribution in [-0.2, 0) is 46.5 Å². The van der Waals surface area contributed by atoms with Crippen LogP contribution in [0.1, 0.15) is 70.8 Å². The van der Waals surface area contributed by atoms with Crippen molar-refractivity contribution in [1.29, 1.82) is 0 Å². The molecule has 3 aliphatic rings. The predicted octanol–water partition coefficient (Wildman–Crippen LogP) is 6.98. The zero-order chi connectivity index (χ0) is 46.5. The van der Waals surface area contributed by atoms with Gasteiger partial charge in [-0.15, -0.1) is 11.8 Å². The number of para-hydroxylation sites is 2. The smallest absolute Gasteiger partial charge is 0.448 e. The largest absolute Gasteiger partial charge is 0.514 e. The summed E-state index contributed by atoms with van der Waals surface area (Å²) < 4.78 is 23.9. The molecule has 0 bridgehead atoms. The van der Waals surface area contributed by atoms with E-state index in [0.29, 0.717) is 36.3 Å². The van der Waals surface area contributed by atoms with E-state index < -0.39 is 52.8 Å². The molecule has 2 N–H and O–H groups in total. The summed E-state index contributed by atoms with van der Waals surface area (Å²) in [5.74, 6) is -1.40. The standard InChI is InChI=1S/C49H51N5O10S/c1-48(2,3)63-46(59)51-39-43(57)54-40(45(58)62-41(32-15-9-7-10-16-32)33-17-11-8-12-18-33)35(30-65-44(39)54)27-34-23-26-53(42(34)56)28-31-21-24-52(25-22-31)29-38(55)50-36-19-13-14-20-37(36)61-47(60)64-49(4,5)6/h7-22,24-25,27,39,41,44H,23,26,28-30H2,1-6H3,(H-,50,51,55,59)/p+1/b34-27+/t39-,44-/m1/s1. The number of nitrogens with zero attached hydrogens (tertiary/aromatic N) is 3. The van der Waals surface area contributed by atoms with Crippen LogP contribution in [0.3, 0.4) is 0 Å². The lowest BCUT2D eigenvalue weighted by Gasteiger charge is -2.49. The normalized spacial score (nSPS) is 17.9. The zero-order valence-corrected chi connectivity index (χ0v) is 37.9. The van der Waals surface area contributed by atoms with Crippen molar-refractivity contribution in [3.63, 3.8) is 0 Å². The lowest BCUT2D eigenvalue weighted by atomic mass is 10.00. The molecular weight excluding hydrogens is 851 g/mol. The van der Waals surface area contributed by atoms with Crippen molar-refractivity contribution in [3.8, 4) is 5.75 Å². The fourth-order valence-corrected chi connectivity index (χ4v) is 8.69. The number of esters is 1. The number of ether oxygens (including phenoxy) is 4. The van der Waals surface area contributed by atoms with Crippen LogP contribution in [0.2, 0.25) is 0 Å². The van der Waals surface area contributed by atoms with Crippen molar-refractivity contribution < 1.29 is 52.3 Å². The highest BCUT2D eigenvalue weighted by molar-refractivity contribution is 8.00. The summed E-state index contributed by atoms with van der Waals surface area (Å²) in [6, 6.07) is 27.9. The molecule has 16 heteroatoms. The van der Waals surface area contributed by atoms with Crippen molar-refractivity contribution in [2.45, 2.75) is 89.8 Å². The number of benzene rings is 3. The van der Waals surface area contributed by atoms with E-state index in [1.54, 1.807) is 93.7 Å². The Morgan fingerprint density at radius 3 is 2.08 bits per heavy atom. The highest BCUT2D eigenvalue weighted by atomic mass is 32.2. The summed E-state index contributed by atoms with van der Waals surface area (Å²) >= 11 is 1.37. The molecule has 2 saturated heterocycles. The molecule has 2 atom stereocenters. The number of nitrogens with one attached hydrogen (secondary N) is 2. The van der Waals surface area contributed by atoms with Crippen LogP contribution in [0.5, 0.6) is 5.75 Å². The van der Waals surface area contributed by atoms with E-state index in [9.17, 15) is 28.8 Å². The number of carbonyl (C=O) groups is 6. The third-order valence-electron chi connectivity index (χ3n) is 10.3. The number of anilines is 1.